The molecule has 2 aliphatic rings. The zero-order valence-electron chi connectivity index (χ0n) is 7.88. The minimum atomic E-state index is -0.319. The lowest BCUT2D eigenvalue weighted by atomic mass is 9.95. The number of carbonyl (C=O) groups is 1. The Bertz CT molecular complexity index is 180. The Morgan fingerprint density at radius 3 is 2.08 bits per heavy atom. The molecule has 1 aliphatic carbocycles. The molecule has 2 fully saturated rings. The predicted molar refractivity (Wildman–Crippen MR) is 47.3 cm³/mol. The molecular weight excluding hydrogens is 168 g/mol. The Morgan fingerprint density at radius 2 is 1.54 bits per heavy atom. The van der Waals surface area contributed by atoms with Gasteiger partial charge in [-0.3, -0.25) is 4.79 Å². The SMILES string of the molecule is O=C1CCCC2(CCC1)OCCO2. The van der Waals surface area contributed by atoms with Crippen LogP contribution in [-0.2, 0) is 14.3 Å². The summed E-state index contributed by atoms with van der Waals surface area (Å²) in [6.45, 7) is 1.43. The van der Waals surface area contributed by atoms with Gasteiger partial charge in [0.2, 0.25) is 0 Å². The van der Waals surface area contributed by atoms with Crippen molar-refractivity contribution in [3.63, 3.8) is 0 Å². The Kier molecular flexibility index (Phi) is 2.65. The molecule has 0 radical (unpaired) electrons. The molecule has 74 valence electrons. The molecule has 0 bridgehead atoms. The van der Waals surface area contributed by atoms with E-state index < -0.39 is 0 Å². The summed E-state index contributed by atoms with van der Waals surface area (Å²) in [4.78, 5) is 11.2. The number of ether oxygens (including phenoxy) is 2. The third-order valence-electron chi connectivity index (χ3n) is 2.84. The van der Waals surface area contributed by atoms with Crippen LogP contribution in [0.4, 0.5) is 0 Å². The van der Waals surface area contributed by atoms with Gasteiger partial charge in [0, 0.05) is 25.7 Å². The van der Waals surface area contributed by atoms with E-state index in [1.54, 1.807) is 0 Å². The molecule has 13 heavy (non-hydrogen) atoms. The van der Waals surface area contributed by atoms with Crippen molar-refractivity contribution < 1.29 is 14.3 Å². The molecule has 0 N–H and O–H groups in total. The first-order valence-electron chi connectivity index (χ1n) is 5.10. The normalized spacial score (nSPS) is 28.8. The van der Waals surface area contributed by atoms with Crippen molar-refractivity contribution in [1.82, 2.24) is 0 Å². The Labute approximate surface area is 78.4 Å². The minimum absolute atomic E-state index is 0.319. The molecule has 0 aromatic rings. The first kappa shape index (κ1) is 9.16. The maximum absolute atomic E-state index is 11.2. The fourth-order valence-electron chi connectivity index (χ4n) is 2.15. The van der Waals surface area contributed by atoms with Gasteiger partial charge in [0.05, 0.1) is 13.2 Å². The van der Waals surface area contributed by atoms with Crippen molar-refractivity contribution >= 4 is 5.78 Å². The highest BCUT2D eigenvalue weighted by atomic mass is 16.7. The van der Waals surface area contributed by atoms with Crippen LogP contribution in [0.3, 0.4) is 0 Å². The second kappa shape index (κ2) is 3.76. The molecule has 0 atom stereocenters. The third-order valence-corrected chi connectivity index (χ3v) is 2.84. The summed E-state index contributed by atoms with van der Waals surface area (Å²) < 4.78 is 11.2. The number of rotatable bonds is 0. The van der Waals surface area contributed by atoms with E-state index in [-0.39, 0.29) is 5.79 Å². The summed E-state index contributed by atoms with van der Waals surface area (Å²) in [7, 11) is 0. The van der Waals surface area contributed by atoms with Gasteiger partial charge in [-0.15, -0.1) is 0 Å². The summed E-state index contributed by atoms with van der Waals surface area (Å²) in [6, 6.07) is 0. The van der Waals surface area contributed by atoms with Crippen LogP contribution in [0.25, 0.3) is 0 Å². The second-order valence-electron chi connectivity index (χ2n) is 3.85. The largest absolute Gasteiger partial charge is 0.348 e. The monoisotopic (exact) mass is 184 g/mol. The standard InChI is InChI=1S/C10H16O3/c11-9-3-1-5-10(6-2-4-9)12-7-8-13-10/h1-8H2. The number of Topliss-reactive ketones (excluding diaryl/α,β-unsaturated/α-hetero) is 1. The lowest BCUT2D eigenvalue weighted by Crippen LogP contribution is -2.31. The smallest absolute Gasteiger partial charge is 0.168 e. The van der Waals surface area contributed by atoms with E-state index in [2.05, 4.69) is 0 Å². The molecule has 3 heteroatoms. The van der Waals surface area contributed by atoms with Gasteiger partial charge < -0.3 is 9.47 Å². The average Bonchev–Trinajstić information content (AvgIpc) is 2.51. The van der Waals surface area contributed by atoms with E-state index in [9.17, 15) is 4.79 Å². The number of ketones is 1. The van der Waals surface area contributed by atoms with Crippen molar-refractivity contribution in [3.05, 3.63) is 0 Å². The summed E-state index contributed by atoms with van der Waals surface area (Å²) >= 11 is 0. The lowest BCUT2D eigenvalue weighted by Gasteiger charge is -2.28. The zero-order chi connectivity index (χ0) is 9.15. The Morgan fingerprint density at radius 1 is 1.00 bits per heavy atom. The van der Waals surface area contributed by atoms with Crippen LogP contribution in [0.15, 0.2) is 0 Å². The van der Waals surface area contributed by atoms with E-state index in [1.807, 2.05) is 0 Å². The molecular formula is C10H16O3. The molecule has 0 amide bonds. The van der Waals surface area contributed by atoms with Crippen molar-refractivity contribution in [1.29, 1.82) is 0 Å². The van der Waals surface area contributed by atoms with E-state index in [4.69, 9.17) is 9.47 Å². The van der Waals surface area contributed by atoms with E-state index in [1.165, 1.54) is 0 Å². The predicted octanol–water partition coefficient (Wildman–Crippen LogP) is 1.65. The Balaban J connectivity index is 1.94. The topological polar surface area (TPSA) is 35.5 Å². The number of hydrogen-bond donors (Lipinski definition) is 0. The molecule has 1 aliphatic heterocycles. The van der Waals surface area contributed by atoms with E-state index in [0.29, 0.717) is 31.8 Å². The fourth-order valence-corrected chi connectivity index (χ4v) is 2.15. The lowest BCUT2D eigenvalue weighted by molar-refractivity contribution is -0.171. The highest BCUT2D eigenvalue weighted by molar-refractivity contribution is 5.78. The third kappa shape index (κ3) is 2.09. The van der Waals surface area contributed by atoms with Gasteiger partial charge in [0.1, 0.15) is 5.78 Å². The fraction of sp³-hybridized carbons (Fsp3) is 0.900. The highest BCUT2D eigenvalue weighted by Gasteiger charge is 2.36. The molecule has 1 saturated carbocycles. The summed E-state index contributed by atoms with van der Waals surface area (Å²) in [5.74, 6) is 0.0774. The molecule has 0 aromatic heterocycles. The van der Waals surface area contributed by atoms with Crippen molar-refractivity contribution in [2.24, 2.45) is 0 Å². The van der Waals surface area contributed by atoms with Crippen LogP contribution in [0.2, 0.25) is 0 Å². The molecule has 2 rings (SSSR count). The highest BCUT2D eigenvalue weighted by Crippen LogP contribution is 2.32. The summed E-state index contributed by atoms with van der Waals surface area (Å²) in [6.07, 6.45) is 5.01. The van der Waals surface area contributed by atoms with E-state index in [0.717, 1.165) is 25.7 Å². The molecule has 3 nitrogen and oxygen atoms in total. The van der Waals surface area contributed by atoms with Crippen LogP contribution in [-0.4, -0.2) is 24.8 Å². The van der Waals surface area contributed by atoms with Gasteiger partial charge in [-0.1, -0.05) is 0 Å². The van der Waals surface area contributed by atoms with Crippen molar-refractivity contribution in [2.45, 2.75) is 44.3 Å². The zero-order valence-corrected chi connectivity index (χ0v) is 7.88. The molecule has 1 saturated heterocycles. The van der Waals surface area contributed by atoms with Gasteiger partial charge in [-0.25, -0.2) is 0 Å². The molecule has 0 unspecified atom stereocenters. The van der Waals surface area contributed by atoms with Crippen molar-refractivity contribution in [2.75, 3.05) is 13.2 Å². The first-order valence-corrected chi connectivity index (χ1v) is 5.10. The first-order chi connectivity index (χ1) is 6.31. The van der Waals surface area contributed by atoms with Gasteiger partial charge >= 0.3 is 0 Å². The second-order valence-corrected chi connectivity index (χ2v) is 3.85. The maximum atomic E-state index is 11.2. The Hall–Kier alpha value is -0.410. The molecule has 1 heterocycles. The quantitative estimate of drug-likeness (QED) is 0.574. The summed E-state index contributed by atoms with van der Waals surface area (Å²) in [5, 5.41) is 0. The summed E-state index contributed by atoms with van der Waals surface area (Å²) in [5.41, 5.74) is 0. The van der Waals surface area contributed by atoms with Gasteiger partial charge in [-0.05, 0) is 12.8 Å². The molecule has 0 aromatic carbocycles. The number of hydrogen-bond acceptors (Lipinski definition) is 3. The van der Waals surface area contributed by atoms with Gasteiger partial charge in [-0.2, -0.15) is 0 Å². The van der Waals surface area contributed by atoms with Crippen LogP contribution in [0.1, 0.15) is 38.5 Å². The van der Waals surface area contributed by atoms with E-state index >= 15 is 0 Å². The van der Waals surface area contributed by atoms with Crippen LogP contribution < -0.4 is 0 Å². The van der Waals surface area contributed by atoms with Crippen LogP contribution >= 0.6 is 0 Å². The maximum Gasteiger partial charge on any atom is 0.168 e. The van der Waals surface area contributed by atoms with Crippen LogP contribution in [0, 0.1) is 0 Å². The van der Waals surface area contributed by atoms with Crippen LogP contribution in [0.5, 0.6) is 0 Å². The average molecular weight is 184 g/mol. The molecule has 1 spiro atoms. The number of carbonyl (C=O) groups excluding carboxylic acids is 1. The van der Waals surface area contributed by atoms with Gasteiger partial charge in [0.25, 0.3) is 0 Å². The minimum Gasteiger partial charge on any atom is -0.348 e. The van der Waals surface area contributed by atoms with Crippen molar-refractivity contribution in [3.8, 4) is 0 Å². The van der Waals surface area contributed by atoms with Gasteiger partial charge in [0.15, 0.2) is 5.79 Å².